The number of fused-ring (bicyclic) bond motifs is 1. The fraction of sp³-hybridized carbons (Fsp3) is 0.414. The highest BCUT2D eigenvalue weighted by molar-refractivity contribution is 5.99. The van der Waals surface area contributed by atoms with Crippen LogP contribution in [-0.4, -0.2) is 45.3 Å². The van der Waals surface area contributed by atoms with Gasteiger partial charge in [-0.15, -0.1) is 0 Å². The summed E-state index contributed by atoms with van der Waals surface area (Å²) < 4.78 is 15.3. The number of nitrogens with one attached hydrogen (secondary N) is 1. The third-order valence-electron chi connectivity index (χ3n) is 7.90. The molecular weight excluding hydrogens is 487 g/mol. The summed E-state index contributed by atoms with van der Waals surface area (Å²) in [5.41, 5.74) is 2.13. The fourth-order valence-electron chi connectivity index (χ4n) is 5.61. The largest absolute Gasteiger partial charge is 0.339 e. The van der Waals surface area contributed by atoms with Crippen LogP contribution in [0.3, 0.4) is 0 Å². The molecule has 0 bridgehead atoms. The molecule has 2 fully saturated rings. The molecule has 198 valence electrons. The summed E-state index contributed by atoms with van der Waals surface area (Å²) in [5, 5.41) is 2.78. The van der Waals surface area contributed by atoms with E-state index in [1.165, 1.54) is 10.6 Å². The van der Waals surface area contributed by atoms with E-state index in [1.807, 2.05) is 18.2 Å². The number of rotatable bonds is 5. The van der Waals surface area contributed by atoms with Crippen LogP contribution >= 0.6 is 0 Å². The zero-order valence-corrected chi connectivity index (χ0v) is 21.6. The molecule has 8 nitrogen and oxygen atoms in total. The lowest BCUT2D eigenvalue weighted by Gasteiger charge is -2.32. The number of nitrogens with zero attached hydrogens (tertiary/aromatic N) is 3. The van der Waals surface area contributed by atoms with Crippen LogP contribution in [0.5, 0.6) is 0 Å². The Balaban J connectivity index is 1.25. The molecule has 2 aliphatic rings. The lowest BCUT2D eigenvalue weighted by atomic mass is 9.90. The summed E-state index contributed by atoms with van der Waals surface area (Å²) in [6.07, 6.45) is 3.91. The molecule has 3 heterocycles. The monoisotopic (exact) mass is 518 g/mol. The molecule has 1 unspecified atom stereocenters. The van der Waals surface area contributed by atoms with Gasteiger partial charge >= 0.3 is 0 Å². The van der Waals surface area contributed by atoms with Crippen LogP contribution in [0.25, 0.3) is 10.9 Å². The van der Waals surface area contributed by atoms with E-state index in [2.05, 4.69) is 10.3 Å². The van der Waals surface area contributed by atoms with Gasteiger partial charge in [0.15, 0.2) is 0 Å². The van der Waals surface area contributed by atoms with Gasteiger partial charge < -0.3 is 4.90 Å². The van der Waals surface area contributed by atoms with Crippen LogP contribution < -0.4 is 10.9 Å². The van der Waals surface area contributed by atoms with E-state index in [-0.39, 0.29) is 36.0 Å². The molecule has 0 spiro atoms. The third kappa shape index (κ3) is 4.97. The van der Waals surface area contributed by atoms with E-state index >= 15 is 0 Å². The minimum atomic E-state index is -0.746. The van der Waals surface area contributed by atoms with Crippen LogP contribution in [0.1, 0.15) is 65.5 Å². The molecule has 1 aromatic heterocycles. The van der Waals surface area contributed by atoms with E-state index in [0.717, 1.165) is 31.2 Å². The lowest BCUT2D eigenvalue weighted by molar-refractivity contribution is -0.135. The molecule has 9 heteroatoms. The van der Waals surface area contributed by atoms with Gasteiger partial charge in [0.25, 0.3) is 11.5 Å². The normalized spacial score (nSPS) is 18.6. The standard InChI is InChI=1S/C29H31FN4O4/c1-17-21(4-3-5-23(17)30)28(37)33-14-12-19(13-15-33)6-7-20-8-9-24-22(16-20)29(38)34(18(2)31-24)25-10-11-26(35)32-27(25)36/h3-5,8-9,16,19,25H,6-7,10-15H2,1-2H3,(H,32,35,36). The number of benzene rings is 2. The SMILES string of the molecule is Cc1c(F)cccc1C(=O)N1CCC(CCc2ccc3nc(C)n(C4CCC(=O)NC4=O)c(=O)c3c2)CC1. The smallest absolute Gasteiger partial charge is 0.262 e. The molecule has 1 atom stereocenters. The highest BCUT2D eigenvalue weighted by Gasteiger charge is 2.30. The van der Waals surface area contributed by atoms with Gasteiger partial charge in [0.2, 0.25) is 11.8 Å². The molecule has 1 N–H and O–H groups in total. The fourth-order valence-corrected chi connectivity index (χ4v) is 5.61. The van der Waals surface area contributed by atoms with Crippen LogP contribution in [0.2, 0.25) is 0 Å². The summed E-state index contributed by atoms with van der Waals surface area (Å²) in [7, 11) is 0. The van der Waals surface area contributed by atoms with E-state index in [0.29, 0.717) is 46.9 Å². The quantitative estimate of drug-likeness (QED) is 0.520. The average Bonchev–Trinajstić information content (AvgIpc) is 2.90. The number of likely N-dealkylation sites (tertiary alicyclic amines) is 1. The minimum Gasteiger partial charge on any atom is -0.339 e. The van der Waals surface area contributed by atoms with Crippen molar-refractivity contribution in [1.82, 2.24) is 19.8 Å². The van der Waals surface area contributed by atoms with Gasteiger partial charge in [-0.1, -0.05) is 12.1 Å². The number of amides is 3. The predicted octanol–water partition coefficient (Wildman–Crippen LogP) is 3.62. The molecular formula is C29H31FN4O4. The molecule has 2 saturated heterocycles. The van der Waals surface area contributed by atoms with Crippen molar-refractivity contribution in [2.24, 2.45) is 5.92 Å². The highest BCUT2D eigenvalue weighted by atomic mass is 19.1. The number of carbonyl (C=O) groups excluding carboxylic acids is 3. The molecule has 2 aliphatic heterocycles. The van der Waals surface area contributed by atoms with Crippen molar-refractivity contribution in [2.75, 3.05) is 13.1 Å². The van der Waals surface area contributed by atoms with Crippen molar-refractivity contribution < 1.29 is 18.8 Å². The Morgan fingerprint density at radius 3 is 2.58 bits per heavy atom. The molecule has 2 aromatic carbocycles. The van der Waals surface area contributed by atoms with Gasteiger partial charge in [-0.05, 0) is 87.3 Å². The van der Waals surface area contributed by atoms with E-state index in [1.54, 1.807) is 30.9 Å². The molecule has 38 heavy (non-hydrogen) atoms. The Hall–Kier alpha value is -3.88. The maximum atomic E-state index is 13.9. The van der Waals surface area contributed by atoms with Crippen LogP contribution in [-0.2, 0) is 16.0 Å². The number of carbonyl (C=O) groups is 3. The van der Waals surface area contributed by atoms with Crippen molar-refractivity contribution in [2.45, 2.75) is 58.4 Å². The van der Waals surface area contributed by atoms with Gasteiger partial charge in [0.05, 0.1) is 10.9 Å². The summed E-state index contributed by atoms with van der Waals surface area (Å²) in [6.45, 7) is 4.61. The van der Waals surface area contributed by atoms with Gasteiger partial charge in [-0.3, -0.25) is 29.1 Å². The Kier molecular flexibility index (Phi) is 7.10. The molecule has 3 amide bonds. The number of imide groups is 1. The second-order valence-corrected chi connectivity index (χ2v) is 10.3. The summed E-state index contributed by atoms with van der Waals surface area (Å²) in [6, 6.07) is 9.56. The van der Waals surface area contributed by atoms with Crippen molar-refractivity contribution in [3.63, 3.8) is 0 Å². The minimum absolute atomic E-state index is 0.120. The first-order chi connectivity index (χ1) is 18.2. The van der Waals surface area contributed by atoms with Crippen LogP contribution in [0.4, 0.5) is 4.39 Å². The van der Waals surface area contributed by atoms with Crippen molar-refractivity contribution in [3.8, 4) is 0 Å². The second kappa shape index (κ2) is 10.5. The number of halogens is 1. The van der Waals surface area contributed by atoms with E-state index in [4.69, 9.17) is 0 Å². The van der Waals surface area contributed by atoms with Gasteiger partial charge in [0, 0.05) is 25.1 Å². The van der Waals surface area contributed by atoms with Gasteiger partial charge in [-0.2, -0.15) is 0 Å². The number of aromatic nitrogens is 2. The molecule has 5 rings (SSSR count). The number of piperidine rings is 2. The zero-order valence-electron chi connectivity index (χ0n) is 21.6. The predicted molar refractivity (Wildman–Crippen MR) is 140 cm³/mol. The first-order valence-electron chi connectivity index (χ1n) is 13.1. The maximum absolute atomic E-state index is 13.9. The average molecular weight is 519 g/mol. The van der Waals surface area contributed by atoms with Crippen LogP contribution in [0.15, 0.2) is 41.2 Å². The maximum Gasteiger partial charge on any atom is 0.262 e. The third-order valence-corrected chi connectivity index (χ3v) is 7.90. The highest BCUT2D eigenvalue weighted by Crippen LogP contribution is 2.26. The number of aryl methyl sites for hydroxylation is 2. The topological polar surface area (TPSA) is 101 Å². The molecule has 0 radical (unpaired) electrons. The Labute approximate surface area is 219 Å². The first-order valence-corrected chi connectivity index (χ1v) is 13.1. The Bertz CT molecular complexity index is 1490. The zero-order chi connectivity index (χ0) is 27.0. The molecule has 0 aliphatic carbocycles. The molecule has 0 saturated carbocycles. The van der Waals surface area contributed by atoms with E-state index < -0.39 is 11.9 Å². The Morgan fingerprint density at radius 1 is 1.08 bits per heavy atom. The lowest BCUT2D eigenvalue weighted by Crippen LogP contribution is -2.45. The molecule has 3 aromatic rings. The number of hydrogen-bond acceptors (Lipinski definition) is 5. The van der Waals surface area contributed by atoms with Crippen molar-refractivity contribution >= 4 is 28.6 Å². The Morgan fingerprint density at radius 2 is 1.84 bits per heavy atom. The second-order valence-electron chi connectivity index (χ2n) is 10.3. The van der Waals surface area contributed by atoms with E-state index in [9.17, 15) is 23.6 Å². The van der Waals surface area contributed by atoms with Crippen molar-refractivity contribution in [3.05, 3.63) is 75.1 Å². The number of hydrogen-bond donors (Lipinski definition) is 1. The van der Waals surface area contributed by atoms with Crippen molar-refractivity contribution in [1.29, 1.82) is 0 Å². The summed E-state index contributed by atoms with van der Waals surface area (Å²) in [4.78, 5) is 56.6. The summed E-state index contributed by atoms with van der Waals surface area (Å²) >= 11 is 0. The summed E-state index contributed by atoms with van der Waals surface area (Å²) in [5.74, 6) is -0.395. The van der Waals surface area contributed by atoms with Gasteiger partial charge in [0.1, 0.15) is 17.7 Å². The van der Waals surface area contributed by atoms with Crippen LogP contribution in [0, 0.1) is 25.6 Å². The van der Waals surface area contributed by atoms with Gasteiger partial charge in [-0.25, -0.2) is 9.37 Å². The first kappa shape index (κ1) is 25.8.